The van der Waals surface area contributed by atoms with Gasteiger partial charge in [-0.2, -0.15) is 0 Å². The van der Waals surface area contributed by atoms with Crippen molar-refractivity contribution in [3.63, 3.8) is 0 Å². The lowest BCUT2D eigenvalue weighted by atomic mass is 10.2. The fourth-order valence-corrected chi connectivity index (χ4v) is 3.18. The van der Waals surface area contributed by atoms with Gasteiger partial charge in [-0.05, 0) is 19.1 Å². The Morgan fingerprint density at radius 2 is 2.10 bits per heavy atom. The Hall–Kier alpha value is -2.00. The molecule has 0 saturated carbocycles. The molecule has 0 radical (unpaired) electrons. The van der Waals surface area contributed by atoms with Gasteiger partial charge < -0.3 is 20.4 Å². The Labute approximate surface area is 122 Å². The molecule has 1 heterocycles. The largest absolute Gasteiger partial charge is 0.486 e. The second kappa shape index (κ2) is 6.19. The maximum atomic E-state index is 12.2. The minimum atomic E-state index is -3.72. The van der Waals surface area contributed by atoms with Crippen LogP contribution in [0, 0.1) is 0 Å². The standard InChI is InChI=1S/C12H17N3O5S/c1-8(6-12(13)14-16)15-21(17,18)9-2-3-10-11(7-9)20-5-4-19-10/h2-3,7-8,15-16H,4-6H2,1H3,(H2,13,14). The summed E-state index contributed by atoms with van der Waals surface area (Å²) < 4.78 is 37.6. The SMILES string of the molecule is CC(CC(N)=NO)NS(=O)(=O)c1ccc2c(c1)OCCO2. The van der Waals surface area contributed by atoms with Gasteiger partial charge in [0, 0.05) is 18.5 Å². The van der Waals surface area contributed by atoms with Crippen molar-refractivity contribution in [1.29, 1.82) is 0 Å². The molecule has 4 N–H and O–H groups in total. The van der Waals surface area contributed by atoms with Gasteiger partial charge in [-0.3, -0.25) is 0 Å². The molecule has 0 amide bonds. The summed E-state index contributed by atoms with van der Waals surface area (Å²) in [7, 11) is -3.72. The third-order valence-electron chi connectivity index (χ3n) is 2.82. The molecule has 1 aliphatic rings. The number of oxime groups is 1. The van der Waals surface area contributed by atoms with Gasteiger partial charge in [0.25, 0.3) is 0 Å². The first kappa shape index (κ1) is 15.4. The van der Waals surface area contributed by atoms with E-state index in [0.717, 1.165) is 0 Å². The fraction of sp³-hybridized carbons (Fsp3) is 0.417. The second-order valence-electron chi connectivity index (χ2n) is 4.62. The van der Waals surface area contributed by atoms with Crippen molar-refractivity contribution >= 4 is 15.9 Å². The fourth-order valence-electron chi connectivity index (χ4n) is 1.92. The molecule has 8 nitrogen and oxygen atoms in total. The van der Waals surface area contributed by atoms with E-state index < -0.39 is 16.1 Å². The molecule has 0 bridgehead atoms. The van der Waals surface area contributed by atoms with Gasteiger partial charge in [-0.25, -0.2) is 13.1 Å². The number of hydrogen-bond donors (Lipinski definition) is 3. The first-order valence-corrected chi connectivity index (χ1v) is 7.79. The van der Waals surface area contributed by atoms with Crippen LogP contribution in [-0.2, 0) is 10.0 Å². The summed E-state index contributed by atoms with van der Waals surface area (Å²) in [5, 5.41) is 11.3. The summed E-state index contributed by atoms with van der Waals surface area (Å²) in [6, 6.07) is 3.88. The molecule has 0 aliphatic carbocycles. The van der Waals surface area contributed by atoms with Crippen LogP contribution in [0.2, 0.25) is 0 Å². The molecule has 1 aromatic carbocycles. The minimum absolute atomic E-state index is 0.0487. The zero-order chi connectivity index (χ0) is 15.5. The van der Waals surface area contributed by atoms with Gasteiger partial charge in [0.1, 0.15) is 19.0 Å². The number of amidine groups is 1. The van der Waals surface area contributed by atoms with Crippen molar-refractivity contribution in [2.45, 2.75) is 24.3 Å². The van der Waals surface area contributed by atoms with Crippen LogP contribution < -0.4 is 19.9 Å². The third-order valence-corrected chi connectivity index (χ3v) is 4.41. The van der Waals surface area contributed by atoms with E-state index in [4.69, 9.17) is 20.4 Å². The quantitative estimate of drug-likeness (QED) is 0.310. The predicted molar refractivity (Wildman–Crippen MR) is 75.2 cm³/mol. The lowest BCUT2D eigenvalue weighted by molar-refractivity contribution is 0.171. The topological polar surface area (TPSA) is 123 Å². The normalized spacial score (nSPS) is 16.5. The van der Waals surface area contributed by atoms with Crippen LogP contribution in [0.1, 0.15) is 13.3 Å². The minimum Gasteiger partial charge on any atom is -0.486 e. The number of rotatable bonds is 5. The van der Waals surface area contributed by atoms with Gasteiger partial charge in [0.2, 0.25) is 10.0 Å². The van der Waals surface area contributed by atoms with E-state index in [9.17, 15) is 8.42 Å². The zero-order valence-electron chi connectivity index (χ0n) is 11.4. The number of sulfonamides is 1. The van der Waals surface area contributed by atoms with Crippen molar-refractivity contribution in [2.24, 2.45) is 10.9 Å². The van der Waals surface area contributed by atoms with E-state index in [1.807, 2.05) is 0 Å². The van der Waals surface area contributed by atoms with E-state index in [0.29, 0.717) is 24.7 Å². The third kappa shape index (κ3) is 3.76. The molecule has 0 spiro atoms. The summed E-state index contributed by atoms with van der Waals surface area (Å²) in [6.45, 7) is 2.44. The van der Waals surface area contributed by atoms with Crippen LogP contribution in [0.25, 0.3) is 0 Å². The highest BCUT2D eigenvalue weighted by Crippen LogP contribution is 2.32. The number of nitrogens with two attached hydrogens (primary N) is 1. The number of benzene rings is 1. The predicted octanol–water partition coefficient (Wildman–Crippen LogP) is 0.261. The van der Waals surface area contributed by atoms with E-state index in [1.54, 1.807) is 13.0 Å². The molecule has 1 aliphatic heterocycles. The van der Waals surface area contributed by atoms with E-state index >= 15 is 0 Å². The molecule has 9 heteroatoms. The van der Waals surface area contributed by atoms with E-state index in [-0.39, 0.29) is 17.2 Å². The van der Waals surface area contributed by atoms with Crippen LogP contribution in [0.4, 0.5) is 0 Å². The van der Waals surface area contributed by atoms with E-state index in [1.165, 1.54) is 12.1 Å². The summed E-state index contributed by atoms with van der Waals surface area (Å²) in [4.78, 5) is 0.0677. The molecule has 0 fully saturated rings. The van der Waals surface area contributed by atoms with Crippen molar-refractivity contribution in [1.82, 2.24) is 4.72 Å². The molecule has 2 rings (SSSR count). The highest BCUT2D eigenvalue weighted by molar-refractivity contribution is 7.89. The van der Waals surface area contributed by atoms with Gasteiger partial charge in [-0.1, -0.05) is 5.16 Å². The second-order valence-corrected chi connectivity index (χ2v) is 6.34. The lowest BCUT2D eigenvalue weighted by Crippen LogP contribution is -2.35. The van der Waals surface area contributed by atoms with Gasteiger partial charge in [-0.15, -0.1) is 0 Å². The average Bonchev–Trinajstić information content (AvgIpc) is 2.45. The molecular formula is C12H17N3O5S. The number of nitrogens with zero attached hydrogens (tertiary/aromatic N) is 1. The first-order valence-electron chi connectivity index (χ1n) is 6.31. The maximum Gasteiger partial charge on any atom is 0.240 e. The molecule has 1 atom stereocenters. The highest BCUT2D eigenvalue weighted by atomic mass is 32.2. The van der Waals surface area contributed by atoms with Gasteiger partial charge in [0.15, 0.2) is 11.5 Å². The Morgan fingerprint density at radius 3 is 2.76 bits per heavy atom. The summed E-state index contributed by atoms with van der Waals surface area (Å²) >= 11 is 0. The van der Waals surface area contributed by atoms with Crippen LogP contribution >= 0.6 is 0 Å². The van der Waals surface area contributed by atoms with Crippen LogP contribution in [-0.4, -0.2) is 38.7 Å². The number of nitrogens with one attached hydrogen (secondary N) is 1. The molecule has 1 aromatic rings. The summed E-state index contributed by atoms with van der Waals surface area (Å²) in [5.41, 5.74) is 5.35. The molecule has 21 heavy (non-hydrogen) atoms. The number of hydrogen-bond acceptors (Lipinski definition) is 6. The Morgan fingerprint density at radius 1 is 1.43 bits per heavy atom. The van der Waals surface area contributed by atoms with Crippen molar-refractivity contribution in [3.8, 4) is 11.5 Å². The Bertz CT molecular complexity index is 644. The average molecular weight is 315 g/mol. The lowest BCUT2D eigenvalue weighted by Gasteiger charge is -2.19. The monoisotopic (exact) mass is 315 g/mol. The van der Waals surface area contributed by atoms with Crippen molar-refractivity contribution < 1.29 is 23.1 Å². The van der Waals surface area contributed by atoms with Crippen LogP contribution in [0.5, 0.6) is 11.5 Å². The van der Waals surface area contributed by atoms with Crippen LogP contribution in [0.15, 0.2) is 28.3 Å². The van der Waals surface area contributed by atoms with Gasteiger partial charge >= 0.3 is 0 Å². The molecular weight excluding hydrogens is 298 g/mol. The number of fused-ring (bicyclic) bond motifs is 1. The first-order chi connectivity index (χ1) is 9.92. The van der Waals surface area contributed by atoms with E-state index in [2.05, 4.69) is 9.88 Å². The number of ether oxygens (including phenoxy) is 2. The van der Waals surface area contributed by atoms with Crippen molar-refractivity contribution in [3.05, 3.63) is 18.2 Å². The van der Waals surface area contributed by atoms with Crippen molar-refractivity contribution in [2.75, 3.05) is 13.2 Å². The summed E-state index contributed by atoms with van der Waals surface area (Å²) in [5.74, 6) is 0.866. The maximum absolute atomic E-state index is 12.2. The zero-order valence-corrected chi connectivity index (χ0v) is 12.3. The Kier molecular flexibility index (Phi) is 4.53. The molecule has 116 valence electrons. The highest BCUT2D eigenvalue weighted by Gasteiger charge is 2.21. The van der Waals surface area contributed by atoms with Crippen LogP contribution in [0.3, 0.4) is 0 Å². The molecule has 1 unspecified atom stereocenters. The molecule has 0 aromatic heterocycles. The molecule has 0 saturated heterocycles. The smallest absolute Gasteiger partial charge is 0.240 e. The Balaban J connectivity index is 2.16. The van der Waals surface area contributed by atoms with Gasteiger partial charge in [0.05, 0.1) is 4.90 Å². The summed E-state index contributed by atoms with van der Waals surface area (Å²) in [6.07, 6.45) is 0.0975.